The maximum absolute atomic E-state index is 10.7. The van der Waals surface area contributed by atoms with E-state index in [4.69, 9.17) is 5.11 Å². The Hall–Kier alpha value is -1.36. The lowest BCUT2D eigenvalue weighted by atomic mass is 10.2. The predicted molar refractivity (Wildman–Crippen MR) is 54.3 cm³/mol. The van der Waals surface area contributed by atoms with Crippen molar-refractivity contribution in [1.29, 1.82) is 0 Å². The molecule has 72 valence electrons. The Bertz CT molecular complexity index is 498. The van der Waals surface area contributed by atoms with Gasteiger partial charge in [0.25, 0.3) is 0 Å². The quantitative estimate of drug-likeness (QED) is 0.735. The van der Waals surface area contributed by atoms with Crippen LogP contribution in [0.3, 0.4) is 0 Å². The van der Waals surface area contributed by atoms with Crippen molar-refractivity contribution in [2.75, 3.05) is 6.67 Å². The molecule has 4 nitrogen and oxygen atoms in total. The molecule has 0 radical (unpaired) electrons. The smallest absolute Gasteiger partial charge is 0.335 e. The maximum Gasteiger partial charge on any atom is 0.335 e. The van der Waals surface area contributed by atoms with Crippen molar-refractivity contribution >= 4 is 28.3 Å². The highest BCUT2D eigenvalue weighted by Gasteiger charge is 2.04. The van der Waals surface area contributed by atoms with Gasteiger partial charge in [-0.2, -0.15) is 0 Å². The standard InChI is InChI=1S/C9H7BrN2O2/c10-12-4-7-3-6(9(13)14)1-2-8(7)11-5-12/h1-4H,5H2,(H,13,14). The molecule has 0 fully saturated rings. The van der Waals surface area contributed by atoms with E-state index in [1.54, 1.807) is 22.1 Å². The van der Waals surface area contributed by atoms with Gasteiger partial charge in [0.15, 0.2) is 0 Å². The fraction of sp³-hybridized carbons (Fsp3) is 0.111. The van der Waals surface area contributed by atoms with Crippen LogP contribution < -0.4 is 10.6 Å². The van der Waals surface area contributed by atoms with Crippen molar-refractivity contribution in [2.24, 2.45) is 4.99 Å². The Morgan fingerprint density at radius 2 is 2.36 bits per heavy atom. The monoisotopic (exact) mass is 254 g/mol. The zero-order chi connectivity index (χ0) is 10.1. The second-order valence-electron chi connectivity index (χ2n) is 2.91. The molecule has 1 N–H and O–H groups in total. The lowest BCUT2D eigenvalue weighted by Gasteiger charge is -2.11. The van der Waals surface area contributed by atoms with Crippen LogP contribution in [0.5, 0.6) is 0 Å². The molecule has 0 aromatic heterocycles. The van der Waals surface area contributed by atoms with Gasteiger partial charge in [0.05, 0.1) is 27.1 Å². The minimum absolute atomic E-state index is 0.276. The summed E-state index contributed by atoms with van der Waals surface area (Å²) >= 11 is 3.26. The highest BCUT2D eigenvalue weighted by Crippen LogP contribution is 2.00. The third-order valence-electron chi connectivity index (χ3n) is 1.93. The number of rotatable bonds is 1. The van der Waals surface area contributed by atoms with Gasteiger partial charge in [0, 0.05) is 11.4 Å². The first-order valence-corrected chi connectivity index (χ1v) is 4.70. The Labute approximate surface area is 88.5 Å². The Morgan fingerprint density at radius 1 is 1.57 bits per heavy atom. The summed E-state index contributed by atoms with van der Waals surface area (Å²) in [5, 5.41) is 10.4. The third kappa shape index (κ3) is 1.63. The molecule has 1 aliphatic heterocycles. The lowest BCUT2D eigenvalue weighted by Crippen LogP contribution is -2.33. The normalized spacial score (nSPS) is 13.9. The average molecular weight is 255 g/mol. The highest BCUT2D eigenvalue weighted by molar-refractivity contribution is 9.07. The number of hydrogen-bond acceptors (Lipinski definition) is 3. The molecule has 2 rings (SSSR count). The maximum atomic E-state index is 10.7. The van der Waals surface area contributed by atoms with Crippen molar-refractivity contribution < 1.29 is 9.90 Å². The molecule has 5 heteroatoms. The molecule has 1 aromatic carbocycles. The minimum atomic E-state index is -0.923. The minimum Gasteiger partial charge on any atom is -0.478 e. The summed E-state index contributed by atoms with van der Waals surface area (Å²) in [5.74, 6) is -0.923. The van der Waals surface area contributed by atoms with Gasteiger partial charge in [-0.05, 0) is 18.2 Å². The van der Waals surface area contributed by atoms with E-state index in [1.807, 2.05) is 6.20 Å². The van der Waals surface area contributed by atoms with E-state index >= 15 is 0 Å². The van der Waals surface area contributed by atoms with Crippen LogP contribution in [0, 0.1) is 0 Å². The summed E-state index contributed by atoms with van der Waals surface area (Å²) in [6.07, 6.45) is 1.81. The van der Waals surface area contributed by atoms with Crippen molar-refractivity contribution in [3.05, 3.63) is 34.3 Å². The van der Waals surface area contributed by atoms with Gasteiger partial charge in [-0.15, -0.1) is 0 Å². The second kappa shape index (κ2) is 3.42. The van der Waals surface area contributed by atoms with Crippen LogP contribution in [-0.2, 0) is 0 Å². The molecule has 0 saturated heterocycles. The van der Waals surface area contributed by atoms with Crippen LogP contribution in [-0.4, -0.2) is 21.7 Å². The first-order valence-electron chi connectivity index (χ1n) is 3.99. The van der Waals surface area contributed by atoms with E-state index in [0.717, 1.165) is 10.6 Å². The van der Waals surface area contributed by atoms with Crippen molar-refractivity contribution in [2.45, 2.75) is 0 Å². The Kier molecular flexibility index (Phi) is 2.25. The number of fused-ring (bicyclic) bond motifs is 1. The molecule has 1 aromatic rings. The van der Waals surface area contributed by atoms with Gasteiger partial charge in [-0.1, -0.05) is 0 Å². The van der Waals surface area contributed by atoms with Crippen molar-refractivity contribution in [1.82, 2.24) is 3.93 Å². The number of carboxylic acids is 1. The van der Waals surface area contributed by atoms with Gasteiger partial charge in [-0.25, -0.2) is 4.79 Å². The average Bonchev–Trinajstić information content (AvgIpc) is 2.16. The molecule has 0 amide bonds. The van der Waals surface area contributed by atoms with Gasteiger partial charge in [0.2, 0.25) is 0 Å². The fourth-order valence-corrected chi connectivity index (χ4v) is 1.60. The Balaban J connectivity index is 2.65. The summed E-state index contributed by atoms with van der Waals surface area (Å²) in [6.45, 7) is 0.541. The molecule has 1 aliphatic rings. The number of carboxylic acid groups (broad SMARTS) is 1. The highest BCUT2D eigenvalue weighted by atomic mass is 79.9. The number of hydrogen-bond donors (Lipinski definition) is 1. The van der Waals surface area contributed by atoms with Crippen molar-refractivity contribution in [3.8, 4) is 0 Å². The van der Waals surface area contributed by atoms with E-state index < -0.39 is 5.97 Å². The molecule has 0 saturated carbocycles. The largest absolute Gasteiger partial charge is 0.478 e. The first kappa shape index (κ1) is 9.21. The van der Waals surface area contributed by atoms with Gasteiger partial charge in [0.1, 0.15) is 6.67 Å². The number of aromatic carboxylic acids is 1. The zero-order valence-corrected chi connectivity index (χ0v) is 8.73. The van der Waals surface area contributed by atoms with Gasteiger partial charge < -0.3 is 5.11 Å². The second-order valence-corrected chi connectivity index (χ2v) is 3.82. The van der Waals surface area contributed by atoms with Gasteiger partial charge in [-0.3, -0.25) is 8.92 Å². The van der Waals surface area contributed by atoms with Gasteiger partial charge >= 0.3 is 5.97 Å². The SMILES string of the molecule is O=C(O)c1ccc2c(c1)=CN(Br)CN=2. The topological polar surface area (TPSA) is 52.9 Å². The molecule has 0 aliphatic carbocycles. The molecule has 0 atom stereocenters. The molecular formula is C9H7BrN2O2. The number of carbonyl (C=O) groups is 1. The predicted octanol–water partition coefficient (Wildman–Crippen LogP) is 0.325. The molecule has 14 heavy (non-hydrogen) atoms. The van der Waals surface area contributed by atoms with E-state index in [2.05, 4.69) is 21.1 Å². The van der Waals surface area contributed by atoms with Crippen LogP contribution in [0.2, 0.25) is 0 Å². The first-order chi connectivity index (χ1) is 6.66. The van der Waals surface area contributed by atoms with E-state index in [0.29, 0.717) is 6.67 Å². The zero-order valence-electron chi connectivity index (χ0n) is 7.14. The molecule has 1 heterocycles. The lowest BCUT2D eigenvalue weighted by molar-refractivity contribution is 0.0697. The van der Waals surface area contributed by atoms with E-state index in [-0.39, 0.29) is 5.56 Å². The van der Waals surface area contributed by atoms with Crippen LogP contribution >= 0.6 is 16.1 Å². The summed E-state index contributed by atoms with van der Waals surface area (Å²) in [5.41, 5.74) is 0.276. The Morgan fingerprint density at radius 3 is 3.07 bits per heavy atom. The van der Waals surface area contributed by atoms with E-state index in [1.165, 1.54) is 0 Å². The van der Waals surface area contributed by atoms with Crippen LogP contribution in [0.15, 0.2) is 23.2 Å². The summed E-state index contributed by atoms with van der Waals surface area (Å²) < 4.78 is 1.72. The van der Waals surface area contributed by atoms with Crippen molar-refractivity contribution in [3.63, 3.8) is 0 Å². The molecule has 0 spiro atoms. The van der Waals surface area contributed by atoms with Crippen LogP contribution in [0.1, 0.15) is 10.4 Å². The molecule has 0 unspecified atom stereocenters. The third-order valence-corrected chi connectivity index (χ3v) is 2.36. The number of halogens is 1. The summed E-state index contributed by atoms with van der Waals surface area (Å²) in [4.78, 5) is 14.9. The van der Waals surface area contributed by atoms with Crippen LogP contribution in [0.25, 0.3) is 6.20 Å². The van der Waals surface area contributed by atoms with E-state index in [9.17, 15) is 4.79 Å². The number of nitrogens with zero attached hydrogens (tertiary/aromatic N) is 2. The molecular weight excluding hydrogens is 248 g/mol. The summed E-state index contributed by atoms with van der Waals surface area (Å²) in [6, 6.07) is 4.88. The molecule has 0 bridgehead atoms. The van der Waals surface area contributed by atoms with Crippen LogP contribution in [0.4, 0.5) is 0 Å². The fourth-order valence-electron chi connectivity index (χ4n) is 1.27. The number of benzene rings is 1. The summed E-state index contributed by atoms with van der Waals surface area (Å²) in [7, 11) is 0.